The smallest absolute Gasteiger partial charge is 0.238 e. The highest BCUT2D eigenvalue weighted by Crippen LogP contribution is 2.33. The largest absolute Gasteiger partial charge is 0.383 e. The Morgan fingerprint density at radius 1 is 1.39 bits per heavy atom. The maximum atomic E-state index is 11.9. The lowest BCUT2D eigenvalue weighted by Crippen LogP contribution is -2.16. The summed E-state index contributed by atoms with van der Waals surface area (Å²) in [5, 5.41) is 19.9. The highest BCUT2D eigenvalue weighted by Gasteiger charge is 2.23. The molecule has 1 heterocycles. The van der Waals surface area contributed by atoms with Crippen molar-refractivity contribution in [1.82, 2.24) is 4.98 Å². The Kier molecular flexibility index (Phi) is 4.58. The maximum Gasteiger partial charge on any atom is 0.238 e. The zero-order chi connectivity index (χ0) is 17.4. The van der Waals surface area contributed by atoms with Gasteiger partial charge < -0.3 is 10.4 Å². The van der Waals surface area contributed by atoms with Crippen LogP contribution in [0.2, 0.25) is 0 Å². The molecular weight excluding hydrogens is 338 g/mol. The number of carbonyl (C=O) groups is 1. The molecule has 0 aliphatic rings. The number of sulfonamides is 1. The Morgan fingerprint density at radius 3 is 2.52 bits per heavy atom. The second kappa shape index (κ2) is 6.00. The van der Waals surface area contributed by atoms with Crippen LogP contribution >= 0.6 is 11.3 Å². The van der Waals surface area contributed by atoms with E-state index in [1.807, 2.05) is 0 Å². The predicted octanol–water partition coefficient (Wildman–Crippen LogP) is 1.64. The second-order valence-electron chi connectivity index (χ2n) is 5.53. The van der Waals surface area contributed by atoms with E-state index in [1.165, 1.54) is 30.4 Å². The van der Waals surface area contributed by atoms with Crippen molar-refractivity contribution in [3.05, 3.63) is 28.6 Å². The number of thiazole rings is 1. The van der Waals surface area contributed by atoms with Crippen molar-refractivity contribution in [2.75, 3.05) is 5.32 Å². The van der Waals surface area contributed by atoms with Crippen LogP contribution in [-0.4, -0.2) is 24.4 Å². The summed E-state index contributed by atoms with van der Waals surface area (Å²) >= 11 is 1.22. The molecule has 0 saturated heterocycles. The summed E-state index contributed by atoms with van der Waals surface area (Å²) in [4.78, 5) is 15.2. The minimum atomic E-state index is -4.02. The fourth-order valence-electron chi connectivity index (χ4n) is 1.93. The fourth-order valence-corrected chi connectivity index (χ4v) is 3.54. The van der Waals surface area contributed by atoms with Crippen molar-refractivity contribution in [2.24, 2.45) is 5.14 Å². The van der Waals surface area contributed by atoms with Gasteiger partial charge in [-0.2, -0.15) is 0 Å². The molecule has 7 nitrogen and oxygen atoms in total. The molecule has 1 aromatic carbocycles. The maximum absolute atomic E-state index is 11.9. The molecule has 0 aliphatic carbocycles. The number of hydrogen-bond acceptors (Lipinski definition) is 6. The number of aromatic nitrogens is 1. The van der Waals surface area contributed by atoms with Crippen molar-refractivity contribution in [3.63, 3.8) is 0 Å². The molecule has 0 radical (unpaired) electrons. The molecule has 1 aromatic heterocycles. The number of primary sulfonamides is 1. The summed E-state index contributed by atoms with van der Waals surface area (Å²) in [6.45, 7) is 4.51. The molecule has 124 valence electrons. The van der Waals surface area contributed by atoms with Gasteiger partial charge in [-0.05, 0) is 32.0 Å². The summed E-state index contributed by atoms with van der Waals surface area (Å²) in [7, 11) is -4.02. The molecule has 2 rings (SSSR count). The molecule has 0 spiro atoms. The number of carbonyl (C=O) groups excluding carboxylic acids is 1. The zero-order valence-corrected chi connectivity index (χ0v) is 14.5. The Morgan fingerprint density at radius 2 is 2.04 bits per heavy atom. The summed E-state index contributed by atoms with van der Waals surface area (Å²) in [5.41, 5.74) is -0.0945. The van der Waals surface area contributed by atoms with Gasteiger partial charge in [0.05, 0.1) is 10.6 Å². The quantitative estimate of drug-likeness (QED) is 0.769. The average Bonchev–Trinajstić information content (AvgIpc) is 2.86. The van der Waals surface area contributed by atoms with E-state index in [0.717, 1.165) is 0 Å². The van der Waals surface area contributed by atoms with E-state index in [4.69, 9.17) is 5.14 Å². The number of hydrogen-bond donors (Lipinski definition) is 3. The van der Waals surface area contributed by atoms with Gasteiger partial charge in [-0.15, -0.1) is 11.3 Å². The summed E-state index contributed by atoms with van der Waals surface area (Å²) in [5.74, 6) is -0.323. The highest BCUT2D eigenvalue weighted by atomic mass is 32.2. The Labute approximate surface area is 138 Å². The molecule has 0 saturated carbocycles. The van der Waals surface area contributed by atoms with Crippen LogP contribution in [-0.2, 0) is 20.4 Å². The van der Waals surface area contributed by atoms with E-state index < -0.39 is 15.6 Å². The van der Waals surface area contributed by atoms with Gasteiger partial charge in [0.1, 0.15) is 10.6 Å². The Balaban J connectivity index is 2.58. The topological polar surface area (TPSA) is 122 Å². The van der Waals surface area contributed by atoms with Gasteiger partial charge in [0, 0.05) is 23.6 Å². The monoisotopic (exact) mass is 355 g/mol. The van der Waals surface area contributed by atoms with Gasteiger partial charge in [-0.3, -0.25) is 4.79 Å². The molecular formula is C14H17N3O4S2. The van der Waals surface area contributed by atoms with Crippen molar-refractivity contribution < 1.29 is 18.3 Å². The first-order valence-corrected chi connectivity index (χ1v) is 9.04. The molecule has 0 atom stereocenters. The van der Waals surface area contributed by atoms with Crippen LogP contribution in [0.25, 0.3) is 11.3 Å². The number of nitrogens with one attached hydrogen (secondary N) is 1. The van der Waals surface area contributed by atoms with Crippen molar-refractivity contribution in [1.29, 1.82) is 0 Å². The fraction of sp³-hybridized carbons (Fsp3) is 0.286. The van der Waals surface area contributed by atoms with Gasteiger partial charge in [0.2, 0.25) is 15.9 Å². The number of anilines is 1. The van der Waals surface area contributed by atoms with E-state index in [1.54, 1.807) is 25.3 Å². The Bertz CT molecular complexity index is 851. The third-order valence-electron chi connectivity index (χ3n) is 2.91. The molecule has 23 heavy (non-hydrogen) atoms. The first kappa shape index (κ1) is 17.5. The van der Waals surface area contributed by atoms with Gasteiger partial charge in [0.15, 0.2) is 0 Å². The number of nitrogens with two attached hydrogens (primary N) is 1. The van der Waals surface area contributed by atoms with Crippen LogP contribution in [0.4, 0.5) is 5.69 Å². The molecule has 1 amide bonds. The highest BCUT2D eigenvalue weighted by molar-refractivity contribution is 7.89. The molecule has 0 bridgehead atoms. The van der Waals surface area contributed by atoms with Gasteiger partial charge in [0.25, 0.3) is 0 Å². The molecule has 9 heteroatoms. The van der Waals surface area contributed by atoms with Crippen LogP contribution < -0.4 is 10.5 Å². The molecule has 0 aliphatic heterocycles. The minimum Gasteiger partial charge on any atom is -0.383 e. The van der Waals surface area contributed by atoms with Crippen LogP contribution in [0.1, 0.15) is 25.8 Å². The summed E-state index contributed by atoms with van der Waals surface area (Å²) < 4.78 is 23.7. The first-order valence-electron chi connectivity index (χ1n) is 6.61. The van der Waals surface area contributed by atoms with Crippen LogP contribution in [0.5, 0.6) is 0 Å². The van der Waals surface area contributed by atoms with E-state index in [-0.39, 0.29) is 10.8 Å². The Hall–Kier alpha value is -1.81. The summed E-state index contributed by atoms with van der Waals surface area (Å²) in [6, 6.07) is 4.37. The number of rotatable bonds is 4. The number of amides is 1. The van der Waals surface area contributed by atoms with Gasteiger partial charge in [-0.25, -0.2) is 18.5 Å². The predicted molar refractivity (Wildman–Crippen MR) is 88.5 cm³/mol. The summed E-state index contributed by atoms with van der Waals surface area (Å²) in [6.07, 6.45) is 0. The van der Waals surface area contributed by atoms with Crippen molar-refractivity contribution in [2.45, 2.75) is 31.3 Å². The lowest BCUT2D eigenvalue weighted by Gasteiger charge is -2.13. The van der Waals surface area contributed by atoms with E-state index in [2.05, 4.69) is 10.3 Å². The SMILES string of the molecule is CC(=O)Nc1ccc(-c2csc(C(C)(C)O)n2)c(S(N)(=O)=O)c1. The molecule has 4 N–H and O–H groups in total. The average molecular weight is 355 g/mol. The number of nitrogens with zero attached hydrogens (tertiary/aromatic N) is 1. The van der Waals surface area contributed by atoms with Crippen LogP contribution in [0.15, 0.2) is 28.5 Å². The van der Waals surface area contributed by atoms with Gasteiger partial charge >= 0.3 is 0 Å². The van der Waals surface area contributed by atoms with Crippen LogP contribution in [0, 0.1) is 0 Å². The lowest BCUT2D eigenvalue weighted by atomic mass is 10.1. The molecule has 0 unspecified atom stereocenters. The van der Waals surface area contributed by atoms with Crippen molar-refractivity contribution in [3.8, 4) is 11.3 Å². The number of aliphatic hydroxyl groups is 1. The van der Waals surface area contributed by atoms with Gasteiger partial charge in [-0.1, -0.05) is 0 Å². The lowest BCUT2D eigenvalue weighted by molar-refractivity contribution is -0.114. The van der Waals surface area contributed by atoms with Crippen molar-refractivity contribution >= 4 is 33.0 Å². The standard InChI is InChI=1S/C14H17N3O4S2/c1-8(18)16-9-4-5-10(12(6-9)23(15,20)21)11-7-22-13(17-11)14(2,3)19/h4-7,19H,1-3H3,(H,16,18)(H2,15,20,21). The zero-order valence-electron chi connectivity index (χ0n) is 12.8. The molecule has 0 fully saturated rings. The second-order valence-corrected chi connectivity index (χ2v) is 7.92. The minimum absolute atomic E-state index is 0.142. The number of benzene rings is 1. The van der Waals surface area contributed by atoms with Crippen LogP contribution in [0.3, 0.4) is 0 Å². The van der Waals surface area contributed by atoms with E-state index >= 15 is 0 Å². The molecule has 2 aromatic rings. The third kappa shape index (κ3) is 4.14. The van der Waals surface area contributed by atoms with E-state index in [9.17, 15) is 18.3 Å². The first-order chi connectivity index (χ1) is 10.5. The third-order valence-corrected chi connectivity index (χ3v) is 5.02. The van der Waals surface area contributed by atoms with E-state index in [0.29, 0.717) is 22.0 Å². The normalized spacial score (nSPS) is 12.2.